The first kappa shape index (κ1) is 12.2. The van der Waals surface area contributed by atoms with Crippen molar-refractivity contribution in [1.82, 2.24) is 10.2 Å². The number of rotatable bonds is 2. The van der Waals surface area contributed by atoms with Crippen LogP contribution in [0.15, 0.2) is 30.3 Å². The molecule has 1 aromatic heterocycles. The van der Waals surface area contributed by atoms with Crippen LogP contribution in [-0.2, 0) is 4.74 Å². The highest BCUT2D eigenvalue weighted by Crippen LogP contribution is 2.22. The molecule has 0 unspecified atom stereocenters. The summed E-state index contributed by atoms with van der Waals surface area (Å²) >= 11 is 0. The summed E-state index contributed by atoms with van der Waals surface area (Å²) in [4.78, 5) is 11.4. The molecule has 1 heterocycles. The van der Waals surface area contributed by atoms with Crippen LogP contribution in [0, 0.1) is 12.7 Å². The van der Waals surface area contributed by atoms with Crippen molar-refractivity contribution in [3.63, 3.8) is 0 Å². The highest BCUT2D eigenvalue weighted by molar-refractivity contribution is 5.90. The molecule has 0 N–H and O–H groups in total. The molecule has 0 aliphatic rings. The van der Waals surface area contributed by atoms with Crippen LogP contribution in [0.2, 0.25) is 0 Å². The van der Waals surface area contributed by atoms with Gasteiger partial charge in [0.15, 0.2) is 0 Å². The molecular formula is C13H11FN2O2. The Labute approximate surface area is 103 Å². The van der Waals surface area contributed by atoms with E-state index in [2.05, 4.69) is 14.9 Å². The van der Waals surface area contributed by atoms with Crippen molar-refractivity contribution in [2.75, 3.05) is 7.11 Å². The highest BCUT2D eigenvalue weighted by Gasteiger charge is 2.12. The second kappa shape index (κ2) is 4.91. The monoisotopic (exact) mass is 246 g/mol. The Kier molecular flexibility index (Phi) is 3.32. The molecule has 18 heavy (non-hydrogen) atoms. The predicted molar refractivity (Wildman–Crippen MR) is 63.5 cm³/mol. The van der Waals surface area contributed by atoms with Crippen LogP contribution in [0.1, 0.15) is 16.1 Å². The highest BCUT2D eigenvalue weighted by atomic mass is 19.1. The van der Waals surface area contributed by atoms with Crippen LogP contribution in [-0.4, -0.2) is 23.3 Å². The SMILES string of the molecule is COC(=O)c1ccc(F)c(-c2ccc(C)nn2)c1. The molecule has 1 aromatic carbocycles. The third kappa shape index (κ3) is 2.34. The van der Waals surface area contributed by atoms with E-state index in [9.17, 15) is 9.18 Å². The van der Waals surface area contributed by atoms with E-state index in [-0.39, 0.29) is 11.1 Å². The van der Waals surface area contributed by atoms with Crippen molar-refractivity contribution in [2.45, 2.75) is 6.92 Å². The zero-order valence-corrected chi connectivity index (χ0v) is 9.98. The summed E-state index contributed by atoms with van der Waals surface area (Å²) in [5.41, 5.74) is 1.62. The van der Waals surface area contributed by atoms with Gasteiger partial charge in [-0.2, -0.15) is 10.2 Å². The van der Waals surface area contributed by atoms with Gasteiger partial charge in [-0.25, -0.2) is 9.18 Å². The fourth-order valence-corrected chi connectivity index (χ4v) is 1.51. The number of nitrogens with zero attached hydrogens (tertiary/aromatic N) is 2. The fraction of sp³-hybridized carbons (Fsp3) is 0.154. The maximum absolute atomic E-state index is 13.7. The van der Waals surface area contributed by atoms with Crippen LogP contribution >= 0.6 is 0 Å². The van der Waals surface area contributed by atoms with E-state index in [1.54, 1.807) is 19.1 Å². The number of hydrogen-bond acceptors (Lipinski definition) is 4. The zero-order valence-electron chi connectivity index (χ0n) is 9.98. The molecule has 0 amide bonds. The van der Waals surface area contributed by atoms with Gasteiger partial charge in [0.05, 0.1) is 24.1 Å². The lowest BCUT2D eigenvalue weighted by atomic mass is 10.1. The minimum atomic E-state index is -0.517. The number of aryl methyl sites for hydroxylation is 1. The van der Waals surface area contributed by atoms with Crippen molar-refractivity contribution in [3.05, 3.63) is 47.4 Å². The van der Waals surface area contributed by atoms with E-state index in [1.807, 2.05) is 0 Å². The van der Waals surface area contributed by atoms with Gasteiger partial charge in [-0.15, -0.1) is 0 Å². The molecule has 0 bridgehead atoms. The Balaban J connectivity index is 2.49. The Morgan fingerprint density at radius 3 is 2.61 bits per heavy atom. The average molecular weight is 246 g/mol. The van der Waals surface area contributed by atoms with E-state index in [0.717, 1.165) is 5.69 Å². The van der Waals surface area contributed by atoms with E-state index in [1.165, 1.54) is 25.3 Å². The quantitative estimate of drug-likeness (QED) is 0.763. The summed E-state index contributed by atoms with van der Waals surface area (Å²) < 4.78 is 18.3. The summed E-state index contributed by atoms with van der Waals surface area (Å²) in [5.74, 6) is -0.975. The van der Waals surface area contributed by atoms with Gasteiger partial charge in [0.2, 0.25) is 0 Å². The average Bonchev–Trinajstić information content (AvgIpc) is 2.39. The van der Waals surface area contributed by atoms with Gasteiger partial charge in [0.1, 0.15) is 5.82 Å². The molecule has 0 spiro atoms. The third-order valence-corrected chi connectivity index (χ3v) is 2.46. The molecule has 4 nitrogen and oxygen atoms in total. The Morgan fingerprint density at radius 1 is 1.22 bits per heavy atom. The van der Waals surface area contributed by atoms with Crippen LogP contribution in [0.5, 0.6) is 0 Å². The molecule has 0 fully saturated rings. The summed E-state index contributed by atoms with van der Waals surface area (Å²) in [5, 5.41) is 7.75. The molecule has 0 saturated heterocycles. The number of halogens is 1. The van der Waals surface area contributed by atoms with Crippen molar-refractivity contribution in [3.8, 4) is 11.3 Å². The van der Waals surface area contributed by atoms with Gasteiger partial charge in [-0.1, -0.05) is 0 Å². The van der Waals surface area contributed by atoms with Gasteiger partial charge in [0.25, 0.3) is 0 Å². The summed E-state index contributed by atoms with van der Waals surface area (Å²) in [7, 11) is 1.27. The minimum Gasteiger partial charge on any atom is -0.465 e. The lowest BCUT2D eigenvalue weighted by Gasteiger charge is -2.05. The van der Waals surface area contributed by atoms with E-state index >= 15 is 0 Å². The lowest BCUT2D eigenvalue weighted by molar-refractivity contribution is 0.0600. The number of hydrogen-bond donors (Lipinski definition) is 0. The summed E-state index contributed by atoms with van der Waals surface area (Å²) in [6.45, 7) is 1.79. The Hall–Kier alpha value is -2.30. The van der Waals surface area contributed by atoms with Gasteiger partial charge < -0.3 is 4.74 Å². The first-order valence-corrected chi connectivity index (χ1v) is 5.30. The molecule has 92 valence electrons. The lowest BCUT2D eigenvalue weighted by Crippen LogP contribution is -2.02. The van der Waals surface area contributed by atoms with Crippen molar-refractivity contribution in [1.29, 1.82) is 0 Å². The second-order valence-corrected chi connectivity index (χ2v) is 3.75. The largest absolute Gasteiger partial charge is 0.465 e. The number of aromatic nitrogens is 2. The second-order valence-electron chi connectivity index (χ2n) is 3.75. The Bertz CT molecular complexity index is 582. The first-order chi connectivity index (χ1) is 8.61. The number of methoxy groups -OCH3 is 1. The minimum absolute atomic E-state index is 0.227. The fourth-order valence-electron chi connectivity index (χ4n) is 1.51. The van der Waals surface area contributed by atoms with Crippen molar-refractivity contribution in [2.24, 2.45) is 0 Å². The Morgan fingerprint density at radius 2 is 2.00 bits per heavy atom. The maximum Gasteiger partial charge on any atom is 0.337 e. The number of esters is 1. The van der Waals surface area contributed by atoms with Crippen LogP contribution in [0.25, 0.3) is 11.3 Å². The number of ether oxygens (including phenoxy) is 1. The van der Waals surface area contributed by atoms with E-state index in [0.29, 0.717) is 5.69 Å². The standard InChI is InChI=1S/C13H11FN2O2/c1-8-3-6-12(16-15-8)10-7-9(13(17)18-2)4-5-11(10)14/h3-7H,1-2H3. The molecule has 2 rings (SSSR count). The van der Waals surface area contributed by atoms with Crippen LogP contribution < -0.4 is 0 Å². The van der Waals surface area contributed by atoms with Gasteiger partial charge >= 0.3 is 5.97 Å². The van der Waals surface area contributed by atoms with Crippen molar-refractivity contribution >= 4 is 5.97 Å². The van der Waals surface area contributed by atoms with Crippen LogP contribution in [0.4, 0.5) is 4.39 Å². The molecule has 0 aliphatic heterocycles. The van der Waals surface area contributed by atoms with E-state index < -0.39 is 11.8 Å². The first-order valence-electron chi connectivity index (χ1n) is 5.30. The van der Waals surface area contributed by atoms with Gasteiger partial charge in [-0.3, -0.25) is 0 Å². The molecular weight excluding hydrogens is 235 g/mol. The number of carbonyl (C=O) groups is 1. The smallest absolute Gasteiger partial charge is 0.337 e. The van der Waals surface area contributed by atoms with Crippen LogP contribution in [0.3, 0.4) is 0 Å². The zero-order chi connectivity index (χ0) is 13.1. The van der Waals surface area contributed by atoms with Gasteiger partial charge in [0, 0.05) is 5.56 Å². The normalized spacial score (nSPS) is 10.2. The van der Waals surface area contributed by atoms with Gasteiger partial charge in [-0.05, 0) is 37.3 Å². The predicted octanol–water partition coefficient (Wildman–Crippen LogP) is 2.38. The topological polar surface area (TPSA) is 52.1 Å². The number of benzene rings is 1. The molecule has 2 aromatic rings. The molecule has 0 atom stereocenters. The molecule has 0 radical (unpaired) electrons. The number of carbonyl (C=O) groups excluding carboxylic acids is 1. The third-order valence-electron chi connectivity index (χ3n) is 2.46. The molecule has 0 saturated carbocycles. The summed E-state index contributed by atoms with van der Waals surface area (Å²) in [6, 6.07) is 7.37. The van der Waals surface area contributed by atoms with E-state index in [4.69, 9.17) is 0 Å². The molecule has 0 aliphatic carbocycles. The van der Waals surface area contributed by atoms with Crippen molar-refractivity contribution < 1.29 is 13.9 Å². The maximum atomic E-state index is 13.7. The summed E-state index contributed by atoms with van der Waals surface area (Å²) in [6.07, 6.45) is 0. The molecule has 5 heteroatoms.